The summed E-state index contributed by atoms with van der Waals surface area (Å²) in [6.45, 7) is 9.74. The number of carbonyl (C=O) groups excluding carboxylic acids is 1. The molecule has 0 aliphatic carbocycles. The molecule has 1 saturated heterocycles. The highest BCUT2D eigenvalue weighted by molar-refractivity contribution is 7.11. The van der Waals surface area contributed by atoms with Gasteiger partial charge < -0.3 is 25.4 Å². The Morgan fingerprint density at radius 1 is 0.906 bits per heavy atom. The van der Waals surface area contributed by atoms with Crippen molar-refractivity contribution in [2.75, 3.05) is 46.4 Å². The van der Waals surface area contributed by atoms with E-state index in [-0.39, 0.29) is 24.2 Å². The zero-order valence-electron chi connectivity index (χ0n) is 31.2. The molecule has 2 aromatic carbocycles. The molecule has 2 aromatic heterocycles. The van der Waals surface area contributed by atoms with E-state index in [0.717, 1.165) is 72.4 Å². The van der Waals surface area contributed by atoms with Crippen molar-refractivity contribution in [2.24, 2.45) is 0 Å². The van der Waals surface area contributed by atoms with Crippen molar-refractivity contribution >= 4 is 34.8 Å². The zero-order valence-corrected chi connectivity index (χ0v) is 32.9. The van der Waals surface area contributed by atoms with Gasteiger partial charge in [0.2, 0.25) is 0 Å². The Kier molecular flexibility index (Phi) is 16.1. The van der Waals surface area contributed by atoms with E-state index in [2.05, 4.69) is 75.7 Å². The number of benzene rings is 2. The zero-order chi connectivity index (χ0) is 37.4. The molecular weight excluding hydrogens is 707 g/mol. The molecule has 1 aliphatic heterocycles. The van der Waals surface area contributed by atoms with Crippen molar-refractivity contribution in [3.63, 3.8) is 0 Å². The van der Waals surface area contributed by atoms with E-state index in [1.54, 1.807) is 32.8 Å². The lowest BCUT2D eigenvalue weighted by Crippen LogP contribution is -2.50. The van der Waals surface area contributed by atoms with Crippen LogP contribution in [0.2, 0.25) is 0 Å². The number of urea groups is 1. The second kappa shape index (κ2) is 21.1. The minimum absolute atomic E-state index is 0.0573. The number of ether oxygens (including phenoxy) is 1. The summed E-state index contributed by atoms with van der Waals surface area (Å²) in [4.78, 5) is 42.8. The van der Waals surface area contributed by atoms with Crippen molar-refractivity contribution in [2.45, 2.75) is 83.1 Å². The Balaban J connectivity index is 1.30. The summed E-state index contributed by atoms with van der Waals surface area (Å²) >= 11 is 3.13. The standard InChI is InChI=1S/C40H55N7O4S2/c1-30(2)38-43-26-37(53-38)27-45(3)39(48)44-34(16-17-46-18-20-51-21-19-46)24-42-33(22-31-10-6-4-7-11-31)14-15-35(23-32-12-8-5-9-13-32)47(40(49)50)28-36-25-41-29-52-36/h4-13,25-26,29-30,33-35,42H,14-24,27-28H2,1-3H3,(H,44,48)(H,49,50)/t33-,34+,35-/m1/s1. The molecule has 5 rings (SSSR count). The van der Waals surface area contributed by atoms with Gasteiger partial charge in [0.25, 0.3) is 0 Å². The van der Waals surface area contributed by atoms with E-state index < -0.39 is 6.09 Å². The third-order valence-corrected chi connectivity index (χ3v) is 11.7. The highest BCUT2D eigenvalue weighted by Crippen LogP contribution is 2.23. The van der Waals surface area contributed by atoms with E-state index in [1.165, 1.54) is 16.9 Å². The van der Waals surface area contributed by atoms with Crippen LogP contribution >= 0.6 is 22.7 Å². The number of amides is 3. The predicted octanol–water partition coefficient (Wildman–Crippen LogP) is 6.73. The quantitative estimate of drug-likeness (QED) is 0.0907. The molecule has 286 valence electrons. The third kappa shape index (κ3) is 13.5. The van der Waals surface area contributed by atoms with E-state index in [4.69, 9.17) is 4.74 Å². The summed E-state index contributed by atoms with van der Waals surface area (Å²) in [6.07, 6.45) is 6.33. The molecule has 0 bridgehead atoms. The molecule has 4 aromatic rings. The highest BCUT2D eigenvalue weighted by Gasteiger charge is 2.27. The van der Waals surface area contributed by atoms with Crippen LogP contribution in [0.25, 0.3) is 0 Å². The van der Waals surface area contributed by atoms with Crippen LogP contribution in [0.4, 0.5) is 9.59 Å². The van der Waals surface area contributed by atoms with E-state index >= 15 is 0 Å². The fourth-order valence-corrected chi connectivity index (χ4v) is 8.18. The molecule has 3 N–H and O–H groups in total. The van der Waals surface area contributed by atoms with Gasteiger partial charge in [-0.25, -0.2) is 14.6 Å². The van der Waals surface area contributed by atoms with Crippen molar-refractivity contribution in [3.8, 4) is 0 Å². The molecule has 3 heterocycles. The van der Waals surface area contributed by atoms with Gasteiger partial charge in [-0.15, -0.1) is 22.7 Å². The molecule has 1 fully saturated rings. The van der Waals surface area contributed by atoms with Gasteiger partial charge in [-0.2, -0.15) is 0 Å². The number of nitrogens with one attached hydrogen (secondary N) is 2. The Bertz CT molecular complexity index is 1630. The number of morpholine rings is 1. The van der Waals surface area contributed by atoms with E-state index in [0.29, 0.717) is 38.4 Å². The lowest BCUT2D eigenvalue weighted by Gasteiger charge is -2.32. The molecule has 13 heteroatoms. The van der Waals surface area contributed by atoms with Crippen LogP contribution < -0.4 is 10.6 Å². The van der Waals surface area contributed by atoms with Crippen molar-refractivity contribution in [1.82, 2.24) is 35.3 Å². The largest absolute Gasteiger partial charge is 0.465 e. The number of hydrogen-bond donors (Lipinski definition) is 3. The fourth-order valence-electron chi connectivity index (χ4n) is 6.61. The molecule has 3 amide bonds. The summed E-state index contributed by atoms with van der Waals surface area (Å²) in [6, 6.07) is 20.1. The molecule has 11 nitrogen and oxygen atoms in total. The lowest BCUT2D eigenvalue weighted by molar-refractivity contribution is 0.0362. The van der Waals surface area contributed by atoms with Crippen molar-refractivity contribution < 1.29 is 19.4 Å². The molecule has 0 radical (unpaired) electrons. The molecule has 0 saturated carbocycles. The molecule has 0 spiro atoms. The first kappa shape index (κ1) is 40.3. The normalized spacial score (nSPS) is 15.2. The summed E-state index contributed by atoms with van der Waals surface area (Å²) in [7, 11) is 1.84. The van der Waals surface area contributed by atoms with Gasteiger partial charge in [0.1, 0.15) is 0 Å². The Labute approximate surface area is 322 Å². The van der Waals surface area contributed by atoms with Crippen LogP contribution in [0.5, 0.6) is 0 Å². The Morgan fingerprint density at radius 2 is 1.60 bits per heavy atom. The average Bonchev–Trinajstić information content (AvgIpc) is 3.87. The number of rotatable bonds is 20. The van der Waals surface area contributed by atoms with E-state index in [9.17, 15) is 14.7 Å². The maximum atomic E-state index is 13.6. The molecular formula is C40H55N7O4S2. The lowest BCUT2D eigenvalue weighted by atomic mass is 9.95. The smallest absolute Gasteiger partial charge is 0.407 e. The summed E-state index contributed by atoms with van der Waals surface area (Å²) in [5.74, 6) is 0.353. The van der Waals surface area contributed by atoms with E-state index in [1.807, 2.05) is 37.5 Å². The van der Waals surface area contributed by atoms with Gasteiger partial charge in [-0.1, -0.05) is 74.5 Å². The minimum atomic E-state index is -0.930. The molecule has 1 aliphatic rings. The van der Waals surface area contributed by atoms with Crippen LogP contribution in [0.15, 0.2) is 78.6 Å². The number of aromatic nitrogens is 2. The third-order valence-electron chi connectivity index (χ3n) is 9.67. The summed E-state index contributed by atoms with van der Waals surface area (Å²) < 4.78 is 5.58. The number of carbonyl (C=O) groups is 2. The Morgan fingerprint density at radius 3 is 2.23 bits per heavy atom. The first-order valence-corrected chi connectivity index (χ1v) is 20.4. The number of carboxylic acid groups (broad SMARTS) is 1. The number of hydrogen-bond acceptors (Lipinski definition) is 9. The number of nitrogens with zero attached hydrogens (tertiary/aromatic N) is 5. The van der Waals surface area contributed by atoms with Crippen molar-refractivity contribution in [3.05, 3.63) is 104 Å². The first-order valence-electron chi connectivity index (χ1n) is 18.7. The second-order valence-electron chi connectivity index (χ2n) is 14.2. The van der Waals surface area contributed by atoms with Crippen LogP contribution in [0.1, 0.15) is 64.9 Å². The maximum Gasteiger partial charge on any atom is 0.407 e. The van der Waals surface area contributed by atoms with Gasteiger partial charge >= 0.3 is 12.1 Å². The summed E-state index contributed by atoms with van der Waals surface area (Å²) in [5, 5.41) is 18.7. The van der Waals surface area contributed by atoms with Crippen molar-refractivity contribution in [1.29, 1.82) is 0 Å². The highest BCUT2D eigenvalue weighted by atomic mass is 32.1. The van der Waals surface area contributed by atoms with Gasteiger partial charge in [0.15, 0.2) is 0 Å². The van der Waals surface area contributed by atoms with Gasteiger partial charge in [0.05, 0.1) is 36.8 Å². The Hall–Kier alpha value is -3.88. The molecule has 0 unspecified atom stereocenters. The number of thiazole rings is 2. The SMILES string of the molecule is CC(C)c1ncc(CN(C)C(=O)N[C@@H](CCN2CCOCC2)CN[C@H](CC[C@H](Cc2ccccc2)N(Cc2cncs2)C(=O)O)Cc2ccccc2)s1. The van der Waals surface area contributed by atoms with Crippen LogP contribution in [0, 0.1) is 0 Å². The van der Waals surface area contributed by atoms with Gasteiger partial charge in [-0.3, -0.25) is 14.8 Å². The fraction of sp³-hybridized carbons (Fsp3) is 0.500. The monoisotopic (exact) mass is 761 g/mol. The molecule has 53 heavy (non-hydrogen) atoms. The van der Waals surface area contributed by atoms with Crippen LogP contribution in [-0.2, 0) is 30.7 Å². The predicted molar refractivity (Wildman–Crippen MR) is 213 cm³/mol. The summed E-state index contributed by atoms with van der Waals surface area (Å²) in [5.41, 5.74) is 4.06. The first-order chi connectivity index (χ1) is 25.7. The second-order valence-corrected chi connectivity index (χ2v) is 16.3. The van der Waals surface area contributed by atoms with Crippen LogP contribution in [-0.4, -0.2) is 106 Å². The average molecular weight is 762 g/mol. The maximum absolute atomic E-state index is 13.6. The van der Waals surface area contributed by atoms with Gasteiger partial charge in [0, 0.05) is 79.4 Å². The minimum Gasteiger partial charge on any atom is -0.465 e. The van der Waals surface area contributed by atoms with Gasteiger partial charge in [-0.05, 0) is 43.2 Å². The van der Waals surface area contributed by atoms with Crippen LogP contribution in [0.3, 0.4) is 0 Å². The molecule has 3 atom stereocenters. The topological polar surface area (TPSA) is 123 Å².